The molecular formula is C16H17Br2NO. The molecule has 20 heavy (non-hydrogen) atoms. The molecule has 0 aliphatic carbocycles. The standard InChI is InChI=1S/C16H17Br2NO/c1-19(11-12-3-6-15(20-2)7-4-12)16-8-5-14(18)9-13(16)10-17/h3-9H,10-11H2,1-2H3. The minimum absolute atomic E-state index is 0.842. The second-order valence-electron chi connectivity index (χ2n) is 4.61. The number of halogens is 2. The van der Waals surface area contributed by atoms with Crippen LogP contribution in [-0.2, 0) is 11.9 Å². The highest BCUT2D eigenvalue weighted by molar-refractivity contribution is 9.10. The molecule has 2 aromatic rings. The molecule has 0 unspecified atom stereocenters. The van der Waals surface area contributed by atoms with Crippen molar-refractivity contribution in [2.24, 2.45) is 0 Å². The van der Waals surface area contributed by atoms with Crippen LogP contribution >= 0.6 is 31.9 Å². The lowest BCUT2D eigenvalue weighted by Gasteiger charge is -2.22. The van der Waals surface area contributed by atoms with Crippen molar-refractivity contribution in [3.8, 4) is 5.75 Å². The van der Waals surface area contributed by atoms with E-state index in [2.05, 4.69) is 74.1 Å². The first-order valence-corrected chi connectivity index (χ1v) is 8.24. The third-order valence-electron chi connectivity index (χ3n) is 3.18. The molecule has 0 aromatic heterocycles. The molecule has 0 aliphatic heterocycles. The van der Waals surface area contributed by atoms with Gasteiger partial charge in [0.25, 0.3) is 0 Å². The van der Waals surface area contributed by atoms with E-state index in [0.29, 0.717) is 0 Å². The van der Waals surface area contributed by atoms with Crippen molar-refractivity contribution < 1.29 is 4.74 Å². The summed E-state index contributed by atoms with van der Waals surface area (Å²) in [5.74, 6) is 0.890. The van der Waals surface area contributed by atoms with Crippen molar-refractivity contribution in [3.05, 3.63) is 58.1 Å². The Balaban J connectivity index is 2.16. The van der Waals surface area contributed by atoms with Gasteiger partial charge >= 0.3 is 0 Å². The fraction of sp³-hybridized carbons (Fsp3) is 0.250. The number of alkyl halides is 1. The Morgan fingerprint density at radius 1 is 1.10 bits per heavy atom. The van der Waals surface area contributed by atoms with E-state index < -0.39 is 0 Å². The monoisotopic (exact) mass is 397 g/mol. The van der Waals surface area contributed by atoms with Crippen LogP contribution in [0.25, 0.3) is 0 Å². The van der Waals surface area contributed by atoms with Crippen molar-refractivity contribution in [3.63, 3.8) is 0 Å². The summed E-state index contributed by atoms with van der Waals surface area (Å²) in [6.07, 6.45) is 0. The van der Waals surface area contributed by atoms with Crippen LogP contribution in [-0.4, -0.2) is 14.2 Å². The molecule has 0 spiro atoms. The lowest BCUT2D eigenvalue weighted by atomic mass is 10.1. The highest BCUT2D eigenvalue weighted by Gasteiger charge is 2.08. The van der Waals surface area contributed by atoms with E-state index in [0.717, 1.165) is 22.1 Å². The Morgan fingerprint density at radius 3 is 2.40 bits per heavy atom. The molecule has 0 saturated heterocycles. The molecule has 0 radical (unpaired) electrons. The largest absolute Gasteiger partial charge is 0.497 e. The molecular weight excluding hydrogens is 382 g/mol. The number of ether oxygens (including phenoxy) is 1. The van der Waals surface area contributed by atoms with Gasteiger partial charge in [-0.2, -0.15) is 0 Å². The van der Waals surface area contributed by atoms with Crippen LogP contribution < -0.4 is 9.64 Å². The zero-order valence-electron chi connectivity index (χ0n) is 11.6. The normalized spacial score (nSPS) is 10.4. The number of anilines is 1. The smallest absolute Gasteiger partial charge is 0.118 e. The molecule has 0 bridgehead atoms. The SMILES string of the molecule is COc1ccc(CN(C)c2ccc(Br)cc2CBr)cc1. The van der Waals surface area contributed by atoms with E-state index in [4.69, 9.17) is 4.74 Å². The van der Waals surface area contributed by atoms with Crippen molar-refractivity contribution in [2.75, 3.05) is 19.1 Å². The van der Waals surface area contributed by atoms with Gasteiger partial charge in [-0.1, -0.05) is 44.0 Å². The minimum Gasteiger partial charge on any atom is -0.497 e. The summed E-state index contributed by atoms with van der Waals surface area (Å²) < 4.78 is 6.29. The molecule has 4 heteroatoms. The average molecular weight is 399 g/mol. The Hall–Kier alpha value is -1.000. The van der Waals surface area contributed by atoms with Crippen molar-refractivity contribution in [1.82, 2.24) is 0 Å². The number of methoxy groups -OCH3 is 1. The predicted octanol–water partition coefficient (Wildman–Crippen LogP) is 4.99. The maximum Gasteiger partial charge on any atom is 0.118 e. The minimum atomic E-state index is 0.842. The predicted molar refractivity (Wildman–Crippen MR) is 91.9 cm³/mol. The van der Waals surface area contributed by atoms with Gasteiger partial charge in [0.1, 0.15) is 5.75 Å². The van der Waals surface area contributed by atoms with Crippen LogP contribution in [0.5, 0.6) is 5.75 Å². The maximum absolute atomic E-state index is 5.18. The summed E-state index contributed by atoms with van der Waals surface area (Å²) in [4.78, 5) is 2.25. The fourth-order valence-electron chi connectivity index (χ4n) is 2.12. The van der Waals surface area contributed by atoms with E-state index in [1.807, 2.05) is 12.1 Å². The Labute approximate surface area is 137 Å². The van der Waals surface area contributed by atoms with Gasteiger partial charge in [-0.3, -0.25) is 0 Å². The lowest BCUT2D eigenvalue weighted by Crippen LogP contribution is -2.17. The van der Waals surface area contributed by atoms with Crippen molar-refractivity contribution in [1.29, 1.82) is 0 Å². The van der Waals surface area contributed by atoms with Gasteiger partial charge in [0.05, 0.1) is 7.11 Å². The zero-order chi connectivity index (χ0) is 14.5. The van der Waals surface area contributed by atoms with Gasteiger partial charge in [-0.15, -0.1) is 0 Å². The Kier molecular flexibility index (Phi) is 5.49. The van der Waals surface area contributed by atoms with Gasteiger partial charge in [0.2, 0.25) is 0 Å². The molecule has 2 rings (SSSR count). The molecule has 0 saturated carbocycles. The number of hydrogen-bond donors (Lipinski definition) is 0. The number of rotatable bonds is 5. The maximum atomic E-state index is 5.18. The second kappa shape index (κ2) is 7.14. The molecule has 0 aliphatic rings. The van der Waals surface area contributed by atoms with Gasteiger partial charge in [0, 0.05) is 29.1 Å². The molecule has 2 nitrogen and oxygen atoms in total. The molecule has 0 N–H and O–H groups in total. The summed E-state index contributed by atoms with van der Waals surface area (Å²) in [7, 11) is 3.80. The van der Waals surface area contributed by atoms with Gasteiger partial charge in [0.15, 0.2) is 0 Å². The molecule has 0 atom stereocenters. The first-order valence-electron chi connectivity index (χ1n) is 6.32. The number of benzene rings is 2. The number of hydrogen-bond acceptors (Lipinski definition) is 2. The highest BCUT2D eigenvalue weighted by atomic mass is 79.9. The number of nitrogens with zero attached hydrogens (tertiary/aromatic N) is 1. The van der Waals surface area contributed by atoms with Crippen LogP contribution in [0.3, 0.4) is 0 Å². The quantitative estimate of drug-likeness (QED) is 0.658. The molecule has 2 aromatic carbocycles. The lowest BCUT2D eigenvalue weighted by molar-refractivity contribution is 0.414. The molecule has 0 amide bonds. The van der Waals surface area contributed by atoms with Crippen LogP contribution in [0.2, 0.25) is 0 Å². The topological polar surface area (TPSA) is 12.5 Å². The molecule has 0 heterocycles. The van der Waals surface area contributed by atoms with Gasteiger partial charge < -0.3 is 9.64 Å². The summed E-state index contributed by atoms with van der Waals surface area (Å²) in [6, 6.07) is 14.6. The first-order chi connectivity index (χ1) is 9.63. The Morgan fingerprint density at radius 2 is 1.80 bits per heavy atom. The van der Waals surface area contributed by atoms with E-state index in [1.54, 1.807) is 7.11 Å². The Bertz CT molecular complexity index is 569. The third-order valence-corrected chi connectivity index (χ3v) is 4.27. The van der Waals surface area contributed by atoms with Crippen LogP contribution in [0.1, 0.15) is 11.1 Å². The summed E-state index contributed by atoms with van der Waals surface area (Å²) >= 11 is 7.07. The van der Waals surface area contributed by atoms with Crippen LogP contribution in [0, 0.1) is 0 Å². The van der Waals surface area contributed by atoms with Gasteiger partial charge in [-0.25, -0.2) is 0 Å². The van der Waals surface area contributed by atoms with Crippen LogP contribution in [0.4, 0.5) is 5.69 Å². The third kappa shape index (κ3) is 3.76. The summed E-state index contributed by atoms with van der Waals surface area (Å²) in [5, 5.41) is 0.842. The van der Waals surface area contributed by atoms with Gasteiger partial charge in [-0.05, 0) is 41.5 Å². The summed E-state index contributed by atoms with van der Waals surface area (Å²) in [6.45, 7) is 0.867. The second-order valence-corrected chi connectivity index (χ2v) is 6.09. The highest BCUT2D eigenvalue weighted by Crippen LogP contribution is 2.27. The van der Waals surface area contributed by atoms with E-state index in [9.17, 15) is 0 Å². The van der Waals surface area contributed by atoms with Crippen LogP contribution in [0.15, 0.2) is 46.9 Å². The first kappa shape index (κ1) is 15.4. The average Bonchev–Trinajstić information content (AvgIpc) is 2.47. The van der Waals surface area contributed by atoms with Crippen molar-refractivity contribution in [2.45, 2.75) is 11.9 Å². The molecule has 0 fully saturated rings. The van der Waals surface area contributed by atoms with Crippen molar-refractivity contribution >= 4 is 37.5 Å². The van der Waals surface area contributed by atoms with E-state index in [1.165, 1.54) is 16.8 Å². The van der Waals surface area contributed by atoms with E-state index in [-0.39, 0.29) is 0 Å². The fourth-order valence-corrected chi connectivity index (χ4v) is 2.98. The van der Waals surface area contributed by atoms with E-state index >= 15 is 0 Å². The summed E-state index contributed by atoms with van der Waals surface area (Å²) in [5.41, 5.74) is 3.77. The zero-order valence-corrected chi connectivity index (χ0v) is 14.7. The molecule has 106 valence electrons.